The molecule has 18 heavy (non-hydrogen) atoms. The number of amides is 1. The van der Waals surface area contributed by atoms with Gasteiger partial charge in [-0.05, 0) is 45.6 Å². The van der Waals surface area contributed by atoms with Gasteiger partial charge in [0.1, 0.15) is 6.54 Å². The smallest absolute Gasteiger partial charge is 0.323 e. The summed E-state index contributed by atoms with van der Waals surface area (Å²) >= 11 is 0. The van der Waals surface area contributed by atoms with Gasteiger partial charge in [0, 0.05) is 12.0 Å². The van der Waals surface area contributed by atoms with E-state index in [1.165, 1.54) is 4.90 Å². The van der Waals surface area contributed by atoms with E-state index in [2.05, 4.69) is 0 Å². The summed E-state index contributed by atoms with van der Waals surface area (Å²) in [6, 6.07) is 0. The Balaban J connectivity index is 2.73. The van der Waals surface area contributed by atoms with Crippen LogP contribution in [0.2, 0.25) is 0 Å². The molecule has 0 aromatic rings. The van der Waals surface area contributed by atoms with Crippen LogP contribution in [0.1, 0.15) is 46.5 Å². The highest BCUT2D eigenvalue weighted by atomic mass is 16.4. The minimum Gasteiger partial charge on any atom is -0.480 e. The van der Waals surface area contributed by atoms with Crippen LogP contribution in [0.5, 0.6) is 0 Å². The molecule has 1 amide bonds. The summed E-state index contributed by atoms with van der Waals surface area (Å²) in [5.74, 6) is -1.08. The predicted molar refractivity (Wildman–Crippen MR) is 69.1 cm³/mol. The fraction of sp³-hybridized carbons (Fsp3) is 0.846. The summed E-state index contributed by atoms with van der Waals surface area (Å²) in [6.07, 6.45) is 3.42. The number of aliphatic carboxylic acids is 1. The van der Waals surface area contributed by atoms with Crippen molar-refractivity contribution in [2.45, 2.75) is 52.0 Å². The second-order valence-corrected chi connectivity index (χ2v) is 6.28. The van der Waals surface area contributed by atoms with E-state index in [0.29, 0.717) is 13.0 Å². The maximum atomic E-state index is 12.3. The van der Waals surface area contributed by atoms with Gasteiger partial charge in [-0.3, -0.25) is 9.59 Å². The van der Waals surface area contributed by atoms with Crippen molar-refractivity contribution >= 4 is 11.9 Å². The SMILES string of the molecule is CC(C)(C)N(CC(=O)O)C(=O)CC1(CN)CCC1. The van der Waals surface area contributed by atoms with Gasteiger partial charge in [0.05, 0.1) is 0 Å². The number of rotatable bonds is 5. The van der Waals surface area contributed by atoms with Gasteiger partial charge >= 0.3 is 5.97 Å². The maximum absolute atomic E-state index is 12.3. The summed E-state index contributed by atoms with van der Waals surface area (Å²) in [5, 5.41) is 8.90. The number of hydrogen-bond acceptors (Lipinski definition) is 3. The average Bonchev–Trinajstić information content (AvgIpc) is 2.18. The van der Waals surface area contributed by atoms with Crippen LogP contribution < -0.4 is 5.73 Å². The van der Waals surface area contributed by atoms with Crippen molar-refractivity contribution in [3.05, 3.63) is 0 Å². The molecule has 5 heteroatoms. The number of nitrogens with zero attached hydrogens (tertiary/aromatic N) is 1. The molecular weight excluding hydrogens is 232 g/mol. The first kappa shape index (κ1) is 15.0. The Hall–Kier alpha value is -1.10. The van der Waals surface area contributed by atoms with E-state index in [0.717, 1.165) is 19.3 Å². The minimum atomic E-state index is -0.978. The van der Waals surface area contributed by atoms with E-state index in [1.807, 2.05) is 20.8 Å². The highest BCUT2D eigenvalue weighted by Gasteiger charge is 2.40. The number of nitrogens with two attached hydrogens (primary N) is 1. The van der Waals surface area contributed by atoms with E-state index in [1.54, 1.807) is 0 Å². The third kappa shape index (κ3) is 3.45. The third-order valence-electron chi connectivity index (χ3n) is 3.78. The van der Waals surface area contributed by atoms with Gasteiger partial charge < -0.3 is 15.7 Å². The molecule has 0 bridgehead atoms. The summed E-state index contributed by atoms with van der Waals surface area (Å²) < 4.78 is 0. The second-order valence-electron chi connectivity index (χ2n) is 6.28. The van der Waals surface area contributed by atoms with Gasteiger partial charge in [-0.25, -0.2) is 0 Å². The zero-order valence-corrected chi connectivity index (χ0v) is 11.5. The lowest BCUT2D eigenvalue weighted by Crippen LogP contribution is -2.51. The van der Waals surface area contributed by atoms with E-state index in [4.69, 9.17) is 10.8 Å². The van der Waals surface area contributed by atoms with Crippen LogP contribution in [0, 0.1) is 5.41 Å². The van der Waals surface area contributed by atoms with Gasteiger partial charge in [-0.2, -0.15) is 0 Å². The first-order valence-corrected chi connectivity index (χ1v) is 6.42. The van der Waals surface area contributed by atoms with Crippen molar-refractivity contribution in [3.63, 3.8) is 0 Å². The monoisotopic (exact) mass is 256 g/mol. The molecule has 104 valence electrons. The molecule has 0 radical (unpaired) electrons. The zero-order chi connectivity index (χ0) is 14.0. The van der Waals surface area contributed by atoms with Crippen LogP contribution in [0.15, 0.2) is 0 Å². The van der Waals surface area contributed by atoms with Gasteiger partial charge in [-0.1, -0.05) is 6.42 Å². The molecule has 0 aromatic carbocycles. The first-order valence-electron chi connectivity index (χ1n) is 6.42. The Morgan fingerprint density at radius 1 is 1.33 bits per heavy atom. The molecule has 1 aliphatic carbocycles. The van der Waals surface area contributed by atoms with Gasteiger partial charge in [0.2, 0.25) is 5.91 Å². The molecule has 1 saturated carbocycles. The molecule has 3 N–H and O–H groups in total. The average molecular weight is 256 g/mol. The minimum absolute atomic E-state index is 0.0842. The van der Waals surface area contributed by atoms with Crippen LogP contribution in [0.3, 0.4) is 0 Å². The Morgan fingerprint density at radius 2 is 1.89 bits per heavy atom. The maximum Gasteiger partial charge on any atom is 0.323 e. The van der Waals surface area contributed by atoms with Crippen LogP contribution in [0.4, 0.5) is 0 Å². The van der Waals surface area contributed by atoms with Crippen LogP contribution in [-0.2, 0) is 9.59 Å². The van der Waals surface area contributed by atoms with Crippen molar-refractivity contribution in [2.24, 2.45) is 11.1 Å². The number of hydrogen-bond donors (Lipinski definition) is 2. The fourth-order valence-corrected chi connectivity index (χ4v) is 2.38. The quantitative estimate of drug-likeness (QED) is 0.774. The molecule has 1 rings (SSSR count). The summed E-state index contributed by atoms with van der Waals surface area (Å²) in [5.41, 5.74) is 5.18. The van der Waals surface area contributed by atoms with Crippen molar-refractivity contribution < 1.29 is 14.7 Å². The summed E-state index contributed by atoms with van der Waals surface area (Å²) in [7, 11) is 0. The molecule has 1 fully saturated rings. The molecule has 0 atom stereocenters. The third-order valence-corrected chi connectivity index (χ3v) is 3.78. The number of carboxylic acids is 1. The Kier molecular flexibility index (Phi) is 4.37. The Labute approximate surface area is 108 Å². The molecule has 0 saturated heterocycles. The van der Waals surface area contributed by atoms with Gasteiger partial charge in [0.15, 0.2) is 0 Å². The largest absolute Gasteiger partial charge is 0.480 e. The second kappa shape index (κ2) is 5.26. The molecule has 0 aliphatic heterocycles. The summed E-state index contributed by atoms with van der Waals surface area (Å²) in [4.78, 5) is 24.6. The van der Waals surface area contributed by atoms with Crippen molar-refractivity contribution in [1.82, 2.24) is 4.90 Å². The standard InChI is InChI=1S/C13H24N2O3/c1-12(2,3)15(8-11(17)18)10(16)7-13(9-14)5-4-6-13/h4-9,14H2,1-3H3,(H,17,18). The molecular formula is C13H24N2O3. The number of carboxylic acid groups (broad SMARTS) is 1. The van der Waals surface area contributed by atoms with Crippen LogP contribution in [-0.4, -0.2) is 40.5 Å². The normalized spacial score (nSPS) is 18.0. The molecule has 0 heterocycles. The lowest BCUT2D eigenvalue weighted by atomic mass is 9.66. The van der Waals surface area contributed by atoms with Crippen molar-refractivity contribution in [3.8, 4) is 0 Å². The topological polar surface area (TPSA) is 83.6 Å². The van der Waals surface area contributed by atoms with Crippen LogP contribution in [0.25, 0.3) is 0 Å². The molecule has 1 aliphatic rings. The first-order chi connectivity index (χ1) is 8.20. The fourth-order valence-electron chi connectivity index (χ4n) is 2.38. The summed E-state index contributed by atoms with van der Waals surface area (Å²) in [6.45, 7) is 5.81. The van der Waals surface area contributed by atoms with Crippen molar-refractivity contribution in [1.29, 1.82) is 0 Å². The Morgan fingerprint density at radius 3 is 2.17 bits per heavy atom. The number of carbonyl (C=O) groups is 2. The van der Waals surface area contributed by atoms with E-state index < -0.39 is 11.5 Å². The predicted octanol–water partition coefficient (Wildman–Crippen LogP) is 1.22. The lowest BCUT2D eigenvalue weighted by molar-refractivity contribution is -0.150. The Bertz CT molecular complexity index is 324. The van der Waals surface area contributed by atoms with E-state index >= 15 is 0 Å². The van der Waals surface area contributed by atoms with Gasteiger partial charge in [0.25, 0.3) is 0 Å². The number of carbonyl (C=O) groups excluding carboxylic acids is 1. The van der Waals surface area contributed by atoms with Crippen molar-refractivity contribution in [2.75, 3.05) is 13.1 Å². The van der Waals surface area contributed by atoms with E-state index in [9.17, 15) is 9.59 Å². The highest BCUT2D eigenvalue weighted by molar-refractivity contribution is 5.82. The molecule has 0 spiro atoms. The highest BCUT2D eigenvalue weighted by Crippen LogP contribution is 2.43. The molecule has 0 aromatic heterocycles. The molecule has 0 unspecified atom stereocenters. The van der Waals surface area contributed by atoms with E-state index in [-0.39, 0.29) is 17.9 Å². The van der Waals surface area contributed by atoms with Crippen LogP contribution >= 0.6 is 0 Å². The molecule has 5 nitrogen and oxygen atoms in total. The zero-order valence-electron chi connectivity index (χ0n) is 11.5. The lowest BCUT2D eigenvalue weighted by Gasteiger charge is -2.43. The van der Waals surface area contributed by atoms with Gasteiger partial charge in [-0.15, -0.1) is 0 Å².